The lowest BCUT2D eigenvalue weighted by Gasteiger charge is -2.33. The number of methoxy groups -OCH3 is 1. The zero-order valence-electron chi connectivity index (χ0n) is 17.5. The molecular weight excluding hydrogens is 384 g/mol. The maximum absolute atomic E-state index is 13.5. The number of hydrogen-bond donors (Lipinski definition) is 0. The summed E-state index contributed by atoms with van der Waals surface area (Å²) in [7, 11) is 1.67. The first-order valence-corrected chi connectivity index (χ1v) is 10.7. The molecule has 8 nitrogen and oxygen atoms in total. The lowest BCUT2D eigenvalue weighted by molar-refractivity contribution is -0.140. The van der Waals surface area contributed by atoms with E-state index >= 15 is 0 Å². The summed E-state index contributed by atoms with van der Waals surface area (Å²) in [5.74, 6) is 2.44. The summed E-state index contributed by atoms with van der Waals surface area (Å²) in [6.07, 6.45) is 1.63. The van der Waals surface area contributed by atoms with Crippen LogP contribution in [0.1, 0.15) is 30.3 Å². The second-order valence-corrected chi connectivity index (χ2v) is 8.53. The van der Waals surface area contributed by atoms with Crippen LogP contribution in [0.25, 0.3) is 0 Å². The smallest absolute Gasteiger partial charge is 0.318 e. The van der Waals surface area contributed by atoms with Crippen molar-refractivity contribution >= 4 is 11.9 Å². The van der Waals surface area contributed by atoms with Gasteiger partial charge >= 0.3 is 6.01 Å². The van der Waals surface area contributed by atoms with Gasteiger partial charge in [0.2, 0.25) is 11.8 Å². The van der Waals surface area contributed by atoms with Crippen molar-refractivity contribution in [2.45, 2.75) is 25.8 Å². The van der Waals surface area contributed by atoms with Crippen molar-refractivity contribution in [3.63, 3.8) is 0 Å². The van der Waals surface area contributed by atoms with Gasteiger partial charge in [-0.15, -0.1) is 5.10 Å². The van der Waals surface area contributed by atoms with Gasteiger partial charge in [-0.1, -0.05) is 17.2 Å². The second-order valence-electron chi connectivity index (χ2n) is 8.53. The minimum Gasteiger partial charge on any atom is -0.497 e. The van der Waals surface area contributed by atoms with E-state index in [0.29, 0.717) is 37.0 Å². The number of hydrogen-bond acceptors (Lipinski definition) is 7. The molecule has 1 aromatic carbocycles. The second kappa shape index (κ2) is 7.91. The van der Waals surface area contributed by atoms with Gasteiger partial charge in [0.1, 0.15) is 5.75 Å². The van der Waals surface area contributed by atoms with Crippen molar-refractivity contribution in [3.05, 3.63) is 35.7 Å². The Balaban J connectivity index is 1.42. The van der Waals surface area contributed by atoms with Crippen LogP contribution in [0.5, 0.6) is 5.75 Å². The largest absolute Gasteiger partial charge is 0.497 e. The topological polar surface area (TPSA) is 80.9 Å². The summed E-state index contributed by atoms with van der Waals surface area (Å²) in [5.41, 5.74) is 1.16. The Morgan fingerprint density at radius 2 is 1.87 bits per heavy atom. The number of ether oxygens (including phenoxy) is 2. The average Bonchev–Trinajstić information content (AvgIpc) is 3.48. The summed E-state index contributed by atoms with van der Waals surface area (Å²) in [5, 5.41) is 8.18. The molecule has 3 atom stereocenters. The summed E-state index contributed by atoms with van der Waals surface area (Å²) in [6, 6.07) is 8.77. The van der Waals surface area contributed by atoms with Crippen LogP contribution in [-0.2, 0) is 9.53 Å². The Labute approximate surface area is 176 Å². The molecule has 1 aromatic heterocycles. The van der Waals surface area contributed by atoms with Gasteiger partial charge in [0.15, 0.2) is 0 Å². The quantitative estimate of drug-likeness (QED) is 0.763. The number of nitrogens with zero attached hydrogens (tertiary/aromatic N) is 4. The average molecular weight is 412 g/mol. The van der Waals surface area contributed by atoms with Gasteiger partial charge in [-0.2, -0.15) is 0 Å². The fraction of sp³-hybridized carbons (Fsp3) is 0.591. The first-order chi connectivity index (χ1) is 14.6. The number of carbonyl (C=O) groups is 1. The number of likely N-dealkylation sites (tertiary alicyclic amines) is 1. The van der Waals surface area contributed by atoms with Crippen LogP contribution in [0.4, 0.5) is 6.01 Å². The van der Waals surface area contributed by atoms with E-state index in [0.717, 1.165) is 43.8 Å². The van der Waals surface area contributed by atoms with Crippen LogP contribution >= 0.6 is 0 Å². The molecule has 0 aliphatic carbocycles. The Morgan fingerprint density at radius 3 is 2.53 bits per heavy atom. The molecule has 3 saturated heterocycles. The highest BCUT2D eigenvalue weighted by molar-refractivity contribution is 5.80. The Morgan fingerprint density at radius 1 is 1.10 bits per heavy atom. The minimum atomic E-state index is 0.0465. The fourth-order valence-electron chi connectivity index (χ4n) is 5.25. The molecule has 0 saturated carbocycles. The number of aryl methyl sites for hydroxylation is 1. The molecule has 2 aromatic rings. The Hall–Kier alpha value is -2.61. The molecule has 160 valence electrons. The molecule has 0 radical (unpaired) electrons. The van der Waals surface area contributed by atoms with Crippen molar-refractivity contribution in [2.24, 2.45) is 17.8 Å². The molecule has 3 aliphatic rings. The standard InChI is InChI=1S/C22H28N4O4/c1-14-23-24-22(30-14)25-11-17-12-26(21(27)16-7-9-29-10-8-16)20(19(17)13-25)15-3-5-18(28-2)6-4-15/h3-6,16-17,19-20H,7-13H2,1-2H3/t17-,19-,20-/m0/s1. The molecule has 0 unspecified atom stereocenters. The van der Waals surface area contributed by atoms with Crippen LogP contribution in [0, 0.1) is 24.7 Å². The summed E-state index contributed by atoms with van der Waals surface area (Å²) in [4.78, 5) is 17.8. The third-order valence-corrected chi connectivity index (χ3v) is 6.76. The first-order valence-electron chi connectivity index (χ1n) is 10.7. The first kappa shape index (κ1) is 19.4. The molecule has 4 heterocycles. The number of benzene rings is 1. The number of carbonyl (C=O) groups excluding carboxylic acids is 1. The summed E-state index contributed by atoms with van der Waals surface area (Å²) < 4.78 is 16.5. The number of fused-ring (bicyclic) bond motifs is 1. The van der Waals surface area contributed by atoms with Crippen molar-refractivity contribution in [3.8, 4) is 5.75 Å². The molecule has 1 amide bonds. The van der Waals surface area contributed by atoms with Crippen molar-refractivity contribution < 1.29 is 18.7 Å². The van der Waals surface area contributed by atoms with Gasteiger partial charge < -0.3 is 23.7 Å². The van der Waals surface area contributed by atoms with E-state index in [1.54, 1.807) is 7.11 Å². The third-order valence-electron chi connectivity index (χ3n) is 6.76. The highest BCUT2D eigenvalue weighted by Crippen LogP contribution is 2.47. The van der Waals surface area contributed by atoms with E-state index in [4.69, 9.17) is 13.9 Å². The predicted molar refractivity (Wildman–Crippen MR) is 109 cm³/mol. The molecule has 3 fully saturated rings. The van der Waals surface area contributed by atoms with Crippen LogP contribution in [0.3, 0.4) is 0 Å². The van der Waals surface area contributed by atoms with Gasteiger partial charge in [0, 0.05) is 57.5 Å². The molecule has 5 rings (SSSR count). The third kappa shape index (κ3) is 3.43. The highest BCUT2D eigenvalue weighted by atomic mass is 16.5. The van der Waals surface area contributed by atoms with Gasteiger partial charge in [0.05, 0.1) is 13.2 Å². The summed E-state index contributed by atoms with van der Waals surface area (Å²) in [6.45, 7) is 5.56. The fourth-order valence-corrected chi connectivity index (χ4v) is 5.25. The van der Waals surface area contributed by atoms with Crippen molar-refractivity contribution in [1.29, 1.82) is 0 Å². The van der Waals surface area contributed by atoms with Crippen LogP contribution in [0.2, 0.25) is 0 Å². The van der Waals surface area contributed by atoms with Crippen molar-refractivity contribution in [1.82, 2.24) is 15.1 Å². The molecule has 8 heteroatoms. The lowest BCUT2D eigenvalue weighted by Crippen LogP contribution is -2.40. The monoisotopic (exact) mass is 412 g/mol. The number of aromatic nitrogens is 2. The maximum atomic E-state index is 13.5. The van der Waals surface area contributed by atoms with Gasteiger partial charge in [0.25, 0.3) is 0 Å². The van der Waals surface area contributed by atoms with E-state index in [1.165, 1.54) is 0 Å². The zero-order chi connectivity index (χ0) is 20.7. The van der Waals surface area contributed by atoms with Crippen LogP contribution < -0.4 is 9.64 Å². The van der Waals surface area contributed by atoms with Crippen molar-refractivity contribution in [2.75, 3.05) is 44.9 Å². The zero-order valence-corrected chi connectivity index (χ0v) is 17.5. The predicted octanol–water partition coefficient (Wildman–Crippen LogP) is 2.45. The molecule has 0 bridgehead atoms. The molecule has 30 heavy (non-hydrogen) atoms. The van der Waals surface area contributed by atoms with E-state index < -0.39 is 0 Å². The molecule has 3 aliphatic heterocycles. The number of amides is 1. The molecular formula is C22H28N4O4. The van der Waals surface area contributed by atoms with E-state index in [2.05, 4.69) is 32.1 Å². The minimum absolute atomic E-state index is 0.0465. The highest BCUT2D eigenvalue weighted by Gasteiger charge is 2.50. The Kier molecular flexibility index (Phi) is 5.10. The van der Waals surface area contributed by atoms with E-state index in [1.807, 2.05) is 19.1 Å². The normalized spacial score (nSPS) is 26.8. The number of anilines is 1. The SMILES string of the molecule is COc1ccc([C@H]2[C@H]3CN(c4nnc(C)o4)C[C@H]3CN2C(=O)C2CCOCC2)cc1. The lowest BCUT2D eigenvalue weighted by atomic mass is 9.89. The van der Waals surface area contributed by atoms with E-state index in [-0.39, 0.29) is 17.9 Å². The van der Waals surface area contributed by atoms with Gasteiger partial charge in [-0.05, 0) is 30.5 Å². The number of rotatable bonds is 4. The van der Waals surface area contributed by atoms with Crippen LogP contribution in [0.15, 0.2) is 28.7 Å². The Bertz CT molecular complexity index is 893. The van der Waals surface area contributed by atoms with Gasteiger partial charge in [-0.3, -0.25) is 4.79 Å². The molecule has 0 spiro atoms. The summed E-state index contributed by atoms with van der Waals surface area (Å²) >= 11 is 0. The maximum Gasteiger partial charge on any atom is 0.318 e. The van der Waals surface area contributed by atoms with E-state index in [9.17, 15) is 4.79 Å². The molecule has 0 N–H and O–H groups in total. The van der Waals surface area contributed by atoms with Gasteiger partial charge in [-0.25, -0.2) is 0 Å². The van der Waals surface area contributed by atoms with Crippen LogP contribution in [-0.4, -0.2) is 61.0 Å².